The molecule has 2 N–H and O–H groups in total. The molecule has 5 nitrogen and oxygen atoms in total. The Morgan fingerprint density at radius 1 is 1.56 bits per heavy atom. The van der Waals surface area contributed by atoms with Gasteiger partial charge in [-0.2, -0.15) is 10.2 Å². The Labute approximate surface area is 94.9 Å². The van der Waals surface area contributed by atoms with E-state index in [1.54, 1.807) is 6.20 Å². The molecule has 5 heteroatoms. The van der Waals surface area contributed by atoms with Crippen molar-refractivity contribution in [2.45, 2.75) is 33.0 Å². The summed E-state index contributed by atoms with van der Waals surface area (Å²) in [5, 5.41) is 14.5. The van der Waals surface area contributed by atoms with Crippen molar-refractivity contribution in [3.8, 4) is 0 Å². The molecule has 2 heterocycles. The van der Waals surface area contributed by atoms with Crippen molar-refractivity contribution in [1.29, 1.82) is 0 Å². The summed E-state index contributed by atoms with van der Waals surface area (Å²) >= 11 is 0. The van der Waals surface area contributed by atoms with Crippen LogP contribution in [0.4, 0.5) is 0 Å². The number of aromatic nitrogens is 4. The fraction of sp³-hybridized carbons (Fsp3) is 0.455. The van der Waals surface area contributed by atoms with Crippen molar-refractivity contribution >= 4 is 0 Å². The summed E-state index contributed by atoms with van der Waals surface area (Å²) in [6.07, 6.45) is 5.69. The first-order valence-electron chi connectivity index (χ1n) is 5.45. The SMILES string of the molecule is Cc1cnn(C[C@@H](C)NCc2ccn[nH]2)c1. The Morgan fingerprint density at radius 2 is 2.44 bits per heavy atom. The van der Waals surface area contributed by atoms with E-state index in [-0.39, 0.29) is 0 Å². The Morgan fingerprint density at radius 3 is 3.06 bits per heavy atom. The highest BCUT2D eigenvalue weighted by atomic mass is 15.3. The third kappa shape index (κ3) is 2.93. The highest BCUT2D eigenvalue weighted by molar-refractivity contribution is 5.00. The molecule has 0 aliphatic rings. The lowest BCUT2D eigenvalue weighted by Crippen LogP contribution is -2.30. The van der Waals surface area contributed by atoms with Crippen LogP contribution >= 0.6 is 0 Å². The van der Waals surface area contributed by atoms with Crippen molar-refractivity contribution in [3.05, 3.63) is 35.9 Å². The predicted octanol–water partition coefficient (Wildman–Crippen LogP) is 1.09. The fourth-order valence-corrected chi connectivity index (χ4v) is 1.58. The van der Waals surface area contributed by atoms with E-state index in [9.17, 15) is 0 Å². The normalized spacial score (nSPS) is 12.9. The van der Waals surface area contributed by atoms with Crippen molar-refractivity contribution in [2.24, 2.45) is 0 Å². The maximum Gasteiger partial charge on any atom is 0.0560 e. The molecule has 0 aliphatic heterocycles. The zero-order valence-corrected chi connectivity index (χ0v) is 9.64. The minimum Gasteiger partial charge on any atom is -0.307 e. The minimum atomic E-state index is 0.377. The van der Waals surface area contributed by atoms with Crippen LogP contribution in [0.5, 0.6) is 0 Å². The van der Waals surface area contributed by atoms with Gasteiger partial charge in [0.15, 0.2) is 0 Å². The quantitative estimate of drug-likeness (QED) is 0.791. The molecule has 2 aromatic heterocycles. The van der Waals surface area contributed by atoms with Crippen LogP contribution in [0, 0.1) is 6.92 Å². The van der Waals surface area contributed by atoms with Gasteiger partial charge in [-0.25, -0.2) is 0 Å². The molecular weight excluding hydrogens is 202 g/mol. The van der Waals surface area contributed by atoms with Crippen LogP contribution < -0.4 is 5.32 Å². The molecule has 0 aliphatic carbocycles. The van der Waals surface area contributed by atoms with E-state index in [1.165, 1.54) is 5.56 Å². The summed E-state index contributed by atoms with van der Waals surface area (Å²) < 4.78 is 1.96. The van der Waals surface area contributed by atoms with E-state index in [1.807, 2.05) is 30.1 Å². The topological polar surface area (TPSA) is 58.5 Å². The van der Waals surface area contributed by atoms with E-state index < -0.39 is 0 Å². The summed E-state index contributed by atoms with van der Waals surface area (Å²) in [6, 6.07) is 2.35. The van der Waals surface area contributed by atoms with Crippen LogP contribution in [0.25, 0.3) is 0 Å². The van der Waals surface area contributed by atoms with Crippen molar-refractivity contribution in [3.63, 3.8) is 0 Å². The molecule has 2 rings (SSSR count). The summed E-state index contributed by atoms with van der Waals surface area (Å²) in [6.45, 7) is 5.88. The monoisotopic (exact) mass is 219 g/mol. The van der Waals surface area contributed by atoms with Gasteiger partial charge in [-0.05, 0) is 25.5 Å². The highest BCUT2D eigenvalue weighted by Crippen LogP contribution is 1.97. The number of aryl methyl sites for hydroxylation is 1. The molecule has 2 aromatic rings. The largest absolute Gasteiger partial charge is 0.307 e. The van der Waals surface area contributed by atoms with E-state index >= 15 is 0 Å². The summed E-state index contributed by atoms with van der Waals surface area (Å²) in [5.74, 6) is 0. The molecule has 0 saturated heterocycles. The zero-order valence-electron chi connectivity index (χ0n) is 9.64. The maximum atomic E-state index is 4.26. The number of hydrogen-bond donors (Lipinski definition) is 2. The fourth-order valence-electron chi connectivity index (χ4n) is 1.58. The Kier molecular flexibility index (Phi) is 3.36. The Bertz CT molecular complexity index is 417. The van der Waals surface area contributed by atoms with Gasteiger partial charge in [-0.1, -0.05) is 0 Å². The Hall–Kier alpha value is -1.62. The lowest BCUT2D eigenvalue weighted by Gasteiger charge is -2.12. The second kappa shape index (κ2) is 4.94. The zero-order chi connectivity index (χ0) is 11.4. The molecule has 0 radical (unpaired) electrons. The standard InChI is InChI=1S/C11H17N5/c1-9-5-14-16(7-9)8-10(2)12-6-11-3-4-13-15-11/h3-5,7,10,12H,6,8H2,1-2H3,(H,13,15)/t10-/m1/s1. The van der Waals surface area contributed by atoms with E-state index in [4.69, 9.17) is 0 Å². The van der Waals surface area contributed by atoms with E-state index in [0.717, 1.165) is 18.8 Å². The van der Waals surface area contributed by atoms with Gasteiger partial charge in [-0.3, -0.25) is 9.78 Å². The average Bonchev–Trinajstić information content (AvgIpc) is 2.87. The van der Waals surface area contributed by atoms with Gasteiger partial charge < -0.3 is 5.32 Å². The molecule has 86 valence electrons. The first kappa shape index (κ1) is 10.9. The van der Waals surface area contributed by atoms with Crippen LogP contribution in [0.1, 0.15) is 18.2 Å². The molecule has 0 fully saturated rings. The van der Waals surface area contributed by atoms with Gasteiger partial charge in [0.2, 0.25) is 0 Å². The van der Waals surface area contributed by atoms with E-state index in [2.05, 4.69) is 27.5 Å². The van der Waals surface area contributed by atoms with Gasteiger partial charge in [0, 0.05) is 30.7 Å². The second-order valence-electron chi connectivity index (χ2n) is 4.10. The number of H-pyrrole nitrogens is 1. The number of aromatic amines is 1. The number of hydrogen-bond acceptors (Lipinski definition) is 3. The van der Waals surface area contributed by atoms with Crippen LogP contribution in [0.15, 0.2) is 24.7 Å². The summed E-state index contributed by atoms with van der Waals surface area (Å²) in [5.41, 5.74) is 2.30. The number of rotatable bonds is 5. The summed E-state index contributed by atoms with van der Waals surface area (Å²) in [4.78, 5) is 0. The highest BCUT2D eigenvalue weighted by Gasteiger charge is 2.03. The number of nitrogens with one attached hydrogen (secondary N) is 2. The van der Waals surface area contributed by atoms with Crippen LogP contribution in [-0.2, 0) is 13.1 Å². The Balaban J connectivity index is 1.78. The van der Waals surface area contributed by atoms with Crippen molar-refractivity contribution in [2.75, 3.05) is 0 Å². The average molecular weight is 219 g/mol. The molecular formula is C11H17N5. The molecule has 1 atom stereocenters. The third-order valence-electron chi connectivity index (χ3n) is 2.42. The lowest BCUT2D eigenvalue weighted by atomic mass is 10.3. The van der Waals surface area contributed by atoms with Gasteiger partial charge in [0.25, 0.3) is 0 Å². The van der Waals surface area contributed by atoms with Crippen molar-refractivity contribution < 1.29 is 0 Å². The molecule has 0 saturated carbocycles. The van der Waals surface area contributed by atoms with E-state index in [0.29, 0.717) is 6.04 Å². The first-order chi connectivity index (χ1) is 7.74. The maximum absolute atomic E-state index is 4.26. The van der Waals surface area contributed by atoms with Crippen LogP contribution in [0.2, 0.25) is 0 Å². The predicted molar refractivity (Wildman–Crippen MR) is 61.9 cm³/mol. The molecule has 0 amide bonds. The van der Waals surface area contributed by atoms with Gasteiger partial charge in [0.05, 0.1) is 12.7 Å². The summed E-state index contributed by atoms with van der Waals surface area (Å²) in [7, 11) is 0. The number of nitrogens with zero attached hydrogens (tertiary/aromatic N) is 3. The first-order valence-corrected chi connectivity index (χ1v) is 5.45. The molecule has 0 unspecified atom stereocenters. The van der Waals surface area contributed by atoms with Gasteiger partial charge in [-0.15, -0.1) is 0 Å². The molecule has 16 heavy (non-hydrogen) atoms. The molecule has 0 bridgehead atoms. The molecule has 0 aromatic carbocycles. The molecule has 0 spiro atoms. The van der Waals surface area contributed by atoms with Crippen molar-refractivity contribution in [1.82, 2.24) is 25.3 Å². The minimum absolute atomic E-state index is 0.377. The van der Waals surface area contributed by atoms with Crippen LogP contribution in [-0.4, -0.2) is 26.0 Å². The lowest BCUT2D eigenvalue weighted by molar-refractivity contribution is 0.448. The smallest absolute Gasteiger partial charge is 0.0560 e. The van der Waals surface area contributed by atoms with Crippen LogP contribution in [0.3, 0.4) is 0 Å². The third-order valence-corrected chi connectivity index (χ3v) is 2.42. The van der Waals surface area contributed by atoms with Gasteiger partial charge >= 0.3 is 0 Å². The van der Waals surface area contributed by atoms with Gasteiger partial charge in [0.1, 0.15) is 0 Å². The second-order valence-corrected chi connectivity index (χ2v) is 4.10.